The molecule has 20 heavy (non-hydrogen) atoms. The summed E-state index contributed by atoms with van der Waals surface area (Å²) in [4.78, 5) is 21.1. The van der Waals surface area contributed by atoms with E-state index < -0.39 is 16.7 Å². The number of amidine groups is 1. The number of esters is 1. The standard InChI is InChI=1S/C11H12N4O5/c1-2-20-11(16)8-3-5-9(6-4-8)13-14-10(7-12-17)15(18)19/h3-7,13,17H,2H2,1H3/b12-7+,14-10+. The van der Waals surface area contributed by atoms with Gasteiger partial charge >= 0.3 is 11.8 Å². The summed E-state index contributed by atoms with van der Waals surface area (Å²) in [7, 11) is 0. The second-order valence-electron chi connectivity index (χ2n) is 3.38. The molecule has 0 aliphatic rings. The smallest absolute Gasteiger partial charge is 0.409 e. The van der Waals surface area contributed by atoms with Gasteiger partial charge < -0.3 is 20.1 Å². The van der Waals surface area contributed by atoms with E-state index in [1.54, 1.807) is 6.92 Å². The van der Waals surface area contributed by atoms with Crippen molar-refractivity contribution in [2.75, 3.05) is 12.0 Å². The Bertz CT molecular complexity index is 538. The van der Waals surface area contributed by atoms with Crippen LogP contribution in [0.3, 0.4) is 0 Å². The number of hydrazone groups is 1. The summed E-state index contributed by atoms with van der Waals surface area (Å²) in [5, 5.41) is 24.7. The highest BCUT2D eigenvalue weighted by atomic mass is 16.6. The van der Waals surface area contributed by atoms with Gasteiger partial charge in [-0.15, -0.1) is 0 Å². The number of hydrogen-bond acceptors (Lipinski definition) is 8. The molecule has 0 amide bonds. The molecule has 0 aliphatic heterocycles. The van der Waals surface area contributed by atoms with Crippen LogP contribution in [0.2, 0.25) is 0 Å². The number of nitrogens with one attached hydrogen (secondary N) is 1. The SMILES string of the molecule is CCOC(=O)c1ccc(N/N=C(\C=N\O)[N+](=O)[O-])cc1. The Morgan fingerprint density at radius 1 is 1.50 bits per heavy atom. The lowest BCUT2D eigenvalue weighted by Gasteiger charge is -2.02. The van der Waals surface area contributed by atoms with Gasteiger partial charge in [0.2, 0.25) is 0 Å². The summed E-state index contributed by atoms with van der Waals surface area (Å²) >= 11 is 0. The first kappa shape index (κ1) is 15.1. The van der Waals surface area contributed by atoms with Crippen molar-refractivity contribution in [1.82, 2.24) is 0 Å². The van der Waals surface area contributed by atoms with E-state index in [0.717, 1.165) is 0 Å². The van der Waals surface area contributed by atoms with Gasteiger partial charge in [-0.2, -0.15) is 5.43 Å². The molecule has 0 unspecified atom stereocenters. The number of nitro groups is 1. The maximum Gasteiger partial charge on any atom is 0.409 e. The van der Waals surface area contributed by atoms with Crippen LogP contribution < -0.4 is 5.43 Å². The Balaban J connectivity index is 2.77. The van der Waals surface area contributed by atoms with Gasteiger partial charge in [-0.25, -0.2) is 4.79 Å². The third-order valence-corrected chi connectivity index (χ3v) is 2.06. The maximum atomic E-state index is 11.4. The molecule has 106 valence electrons. The lowest BCUT2D eigenvalue weighted by molar-refractivity contribution is -0.345. The zero-order chi connectivity index (χ0) is 15.0. The number of ether oxygens (including phenoxy) is 1. The Hall–Kier alpha value is -2.97. The molecule has 2 N–H and O–H groups in total. The number of rotatable bonds is 5. The normalized spacial score (nSPS) is 11.3. The maximum absolute atomic E-state index is 11.4. The number of anilines is 1. The summed E-state index contributed by atoms with van der Waals surface area (Å²) < 4.78 is 4.81. The van der Waals surface area contributed by atoms with Crippen LogP contribution in [-0.4, -0.2) is 34.8 Å². The van der Waals surface area contributed by atoms with Crippen LogP contribution in [0, 0.1) is 10.1 Å². The van der Waals surface area contributed by atoms with E-state index in [4.69, 9.17) is 9.94 Å². The highest BCUT2D eigenvalue weighted by molar-refractivity contribution is 6.25. The average Bonchev–Trinajstić information content (AvgIpc) is 2.44. The van der Waals surface area contributed by atoms with E-state index in [1.807, 2.05) is 0 Å². The van der Waals surface area contributed by atoms with Crippen LogP contribution in [0.15, 0.2) is 34.5 Å². The summed E-state index contributed by atoms with van der Waals surface area (Å²) in [5.41, 5.74) is 3.18. The molecular formula is C11H12N4O5. The fourth-order valence-corrected chi connectivity index (χ4v) is 1.19. The van der Waals surface area contributed by atoms with Gasteiger partial charge in [0.05, 0.1) is 23.0 Å². The van der Waals surface area contributed by atoms with Crippen molar-refractivity contribution < 1.29 is 19.7 Å². The molecule has 0 spiro atoms. The minimum absolute atomic E-state index is 0.274. The van der Waals surface area contributed by atoms with Gasteiger partial charge in [0.1, 0.15) is 0 Å². The molecule has 0 heterocycles. The van der Waals surface area contributed by atoms with Crippen LogP contribution >= 0.6 is 0 Å². The van der Waals surface area contributed by atoms with Crippen LogP contribution in [0.5, 0.6) is 0 Å². The molecule has 0 saturated carbocycles. The summed E-state index contributed by atoms with van der Waals surface area (Å²) in [6.45, 7) is 1.97. The fourth-order valence-electron chi connectivity index (χ4n) is 1.19. The van der Waals surface area contributed by atoms with E-state index in [1.165, 1.54) is 24.3 Å². The predicted molar refractivity (Wildman–Crippen MR) is 70.7 cm³/mol. The van der Waals surface area contributed by atoms with Gasteiger partial charge in [0.25, 0.3) is 0 Å². The molecule has 1 aromatic carbocycles. The first-order chi connectivity index (χ1) is 9.58. The third kappa shape index (κ3) is 4.37. The number of carbonyl (C=O) groups excluding carboxylic acids is 1. The monoisotopic (exact) mass is 280 g/mol. The zero-order valence-electron chi connectivity index (χ0n) is 10.5. The van der Waals surface area contributed by atoms with Crippen LogP contribution in [0.1, 0.15) is 17.3 Å². The molecular weight excluding hydrogens is 268 g/mol. The lowest BCUT2D eigenvalue weighted by Crippen LogP contribution is -2.15. The number of oxime groups is 1. The van der Waals surface area contributed by atoms with Crippen LogP contribution in [-0.2, 0) is 4.74 Å². The van der Waals surface area contributed by atoms with E-state index >= 15 is 0 Å². The number of carbonyl (C=O) groups is 1. The van der Waals surface area contributed by atoms with Crippen molar-refractivity contribution in [3.05, 3.63) is 39.9 Å². The van der Waals surface area contributed by atoms with Crippen molar-refractivity contribution in [3.8, 4) is 0 Å². The quantitative estimate of drug-likeness (QED) is 0.209. The Labute approximate surface area is 113 Å². The minimum Gasteiger partial charge on any atom is -0.462 e. The van der Waals surface area contributed by atoms with Gasteiger partial charge in [0.15, 0.2) is 6.21 Å². The second-order valence-corrected chi connectivity index (χ2v) is 3.38. The van der Waals surface area contributed by atoms with Crippen LogP contribution in [0.25, 0.3) is 0 Å². The molecule has 9 heteroatoms. The number of hydrogen-bond donors (Lipinski definition) is 2. The van der Waals surface area contributed by atoms with Crippen molar-refractivity contribution >= 4 is 23.7 Å². The topological polar surface area (TPSA) is 126 Å². The molecule has 0 aromatic heterocycles. The van der Waals surface area contributed by atoms with E-state index in [2.05, 4.69) is 15.7 Å². The fraction of sp³-hybridized carbons (Fsp3) is 0.182. The van der Waals surface area contributed by atoms with Crippen LogP contribution in [0.4, 0.5) is 5.69 Å². The first-order valence-corrected chi connectivity index (χ1v) is 5.51. The van der Waals surface area contributed by atoms with Gasteiger partial charge in [-0.3, -0.25) is 0 Å². The van der Waals surface area contributed by atoms with E-state index in [9.17, 15) is 14.9 Å². The predicted octanol–water partition coefficient (Wildman–Crippen LogP) is 1.33. The summed E-state index contributed by atoms with van der Waals surface area (Å²) in [6.07, 6.45) is 0.583. The van der Waals surface area contributed by atoms with Gasteiger partial charge in [-0.05, 0) is 36.1 Å². The minimum atomic E-state index is -0.820. The molecule has 9 nitrogen and oxygen atoms in total. The van der Waals surface area contributed by atoms with Crippen molar-refractivity contribution in [3.63, 3.8) is 0 Å². The third-order valence-electron chi connectivity index (χ3n) is 2.06. The molecule has 0 fully saturated rings. The summed E-state index contributed by atoms with van der Waals surface area (Å²) in [5.74, 6) is -1.12. The van der Waals surface area contributed by atoms with Crippen molar-refractivity contribution in [1.29, 1.82) is 0 Å². The molecule has 0 atom stereocenters. The zero-order valence-corrected chi connectivity index (χ0v) is 10.5. The van der Waals surface area contributed by atoms with Gasteiger partial charge in [-0.1, -0.05) is 5.16 Å². The van der Waals surface area contributed by atoms with Crippen molar-refractivity contribution in [2.24, 2.45) is 10.3 Å². The lowest BCUT2D eigenvalue weighted by atomic mass is 10.2. The second kappa shape index (κ2) is 7.46. The highest BCUT2D eigenvalue weighted by Crippen LogP contribution is 2.10. The van der Waals surface area contributed by atoms with E-state index in [-0.39, 0.29) is 6.61 Å². The molecule has 1 aromatic rings. The largest absolute Gasteiger partial charge is 0.462 e. The summed E-state index contributed by atoms with van der Waals surface area (Å²) in [6, 6.07) is 5.98. The number of benzene rings is 1. The Morgan fingerprint density at radius 3 is 2.65 bits per heavy atom. The van der Waals surface area contributed by atoms with Gasteiger partial charge in [0, 0.05) is 0 Å². The molecule has 0 radical (unpaired) electrons. The number of nitrogens with zero attached hydrogens (tertiary/aromatic N) is 3. The molecule has 0 bridgehead atoms. The van der Waals surface area contributed by atoms with E-state index in [0.29, 0.717) is 17.5 Å². The highest BCUT2D eigenvalue weighted by Gasteiger charge is 2.10. The molecule has 0 aliphatic carbocycles. The Kier molecular flexibility index (Phi) is 5.63. The Morgan fingerprint density at radius 2 is 2.15 bits per heavy atom. The van der Waals surface area contributed by atoms with Crippen molar-refractivity contribution in [2.45, 2.75) is 6.92 Å². The molecule has 1 rings (SSSR count). The average molecular weight is 280 g/mol. The molecule has 0 saturated heterocycles. The first-order valence-electron chi connectivity index (χ1n) is 5.51.